The summed E-state index contributed by atoms with van der Waals surface area (Å²) in [5.41, 5.74) is 2.34. The molecule has 2 heterocycles. The number of fused-ring (bicyclic) bond motifs is 1. The van der Waals surface area contributed by atoms with Crippen LogP contribution in [0.5, 0.6) is 0 Å². The molecule has 0 unspecified atom stereocenters. The van der Waals surface area contributed by atoms with Gasteiger partial charge in [-0.25, -0.2) is 17.2 Å². The molecule has 1 amide bonds. The van der Waals surface area contributed by atoms with Crippen LogP contribution in [-0.2, 0) is 21.2 Å². The van der Waals surface area contributed by atoms with Crippen molar-refractivity contribution in [1.29, 1.82) is 0 Å². The summed E-state index contributed by atoms with van der Waals surface area (Å²) in [7, 11) is -4.05. The first-order chi connectivity index (χ1) is 14.3. The third-order valence-electron chi connectivity index (χ3n) is 4.80. The highest BCUT2D eigenvalue weighted by atomic mass is 32.2. The van der Waals surface area contributed by atoms with Crippen molar-refractivity contribution in [1.82, 2.24) is 5.32 Å². The van der Waals surface area contributed by atoms with Crippen molar-refractivity contribution >= 4 is 22.0 Å². The molecule has 0 spiro atoms. The average Bonchev–Trinajstić information content (AvgIpc) is 3.19. The molecule has 0 fully saturated rings. The normalized spacial score (nSPS) is 15.2. The van der Waals surface area contributed by atoms with Crippen LogP contribution in [0.2, 0.25) is 0 Å². The molecule has 0 atom stereocenters. The van der Waals surface area contributed by atoms with Gasteiger partial charge in [-0.3, -0.25) is 4.79 Å². The lowest BCUT2D eigenvalue weighted by Gasteiger charge is -2.11. The standard InChI is InChI=1S/C22H16F2N2O3S/c23-17-11-18(24)13-21(12-17)30(28,29)20-5-3-15(4-6-20)14-25-22(27)16-7-9-26-8-1-2-19(26)10-16/h1-9,11-13H,10,14H2/p+1. The Balaban J connectivity index is 1.43. The number of hydrogen-bond acceptors (Lipinski definition) is 3. The Morgan fingerprint density at radius 1 is 1.00 bits per heavy atom. The van der Waals surface area contributed by atoms with E-state index in [0.29, 0.717) is 23.6 Å². The molecule has 2 aromatic carbocycles. The zero-order valence-corrected chi connectivity index (χ0v) is 16.5. The lowest BCUT2D eigenvalue weighted by Crippen LogP contribution is -2.26. The van der Waals surface area contributed by atoms with Crippen LogP contribution in [0.3, 0.4) is 0 Å². The second kappa shape index (κ2) is 7.79. The van der Waals surface area contributed by atoms with Crippen LogP contribution >= 0.6 is 0 Å². The molecule has 0 saturated carbocycles. The third kappa shape index (κ3) is 3.99. The molecule has 5 nitrogen and oxygen atoms in total. The summed E-state index contributed by atoms with van der Waals surface area (Å²) >= 11 is 0. The quantitative estimate of drug-likeness (QED) is 0.745. The summed E-state index contributed by atoms with van der Waals surface area (Å²) < 4.78 is 53.9. The summed E-state index contributed by atoms with van der Waals surface area (Å²) in [6.07, 6.45) is 9.87. The van der Waals surface area contributed by atoms with E-state index in [0.717, 1.165) is 17.8 Å². The maximum absolute atomic E-state index is 13.4. The predicted octanol–water partition coefficient (Wildman–Crippen LogP) is 3.24. The maximum atomic E-state index is 13.4. The topological polar surface area (TPSA) is 66.2 Å². The zero-order chi connectivity index (χ0) is 21.3. The van der Waals surface area contributed by atoms with E-state index in [1.807, 2.05) is 29.1 Å². The third-order valence-corrected chi connectivity index (χ3v) is 6.55. The van der Waals surface area contributed by atoms with Gasteiger partial charge < -0.3 is 5.32 Å². The van der Waals surface area contributed by atoms with Gasteiger partial charge in [-0.1, -0.05) is 12.1 Å². The van der Waals surface area contributed by atoms with E-state index in [1.165, 1.54) is 12.1 Å². The molecule has 0 saturated heterocycles. The minimum Gasteiger partial charge on any atom is -0.348 e. The molecule has 0 aliphatic carbocycles. The summed E-state index contributed by atoms with van der Waals surface area (Å²) in [4.78, 5) is 11.9. The highest BCUT2D eigenvalue weighted by molar-refractivity contribution is 7.91. The molecule has 0 bridgehead atoms. The molecule has 2 aliphatic heterocycles. The van der Waals surface area contributed by atoms with Crippen molar-refractivity contribution in [3.05, 3.63) is 95.4 Å². The number of rotatable bonds is 5. The van der Waals surface area contributed by atoms with Gasteiger partial charge >= 0.3 is 0 Å². The predicted molar refractivity (Wildman–Crippen MR) is 106 cm³/mol. The van der Waals surface area contributed by atoms with Crippen molar-refractivity contribution in [3.63, 3.8) is 0 Å². The van der Waals surface area contributed by atoms with Crippen LogP contribution < -0.4 is 5.32 Å². The molecule has 2 aromatic rings. The summed E-state index contributed by atoms with van der Waals surface area (Å²) in [6, 6.07) is 7.96. The van der Waals surface area contributed by atoms with E-state index in [2.05, 4.69) is 5.32 Å². The number of benzene rings is 2. The van der Waals surface area contributed by atoms with E-state index in [-0.39, 0.29) is 17.3 Å². The van der Waals surface area contributed by atoms with Gasteiger partial charge in [0.25, 0.3) is 0 Å². The van der Waals surface area contributed by atoms with E-state index < -0.39 is 26.4 Å². The Morgan fingerprint density at radius 3 is 2.40 bits per heavy atom. The Kier molecular flexibility index (Phi) is 5.17. The van der Waals surface area contributed by atoms with Gasteiger partial charge in [-0.15, -0.1) is 0 Å². The molecule has 30 heavy (non-hydrogen) atoms. The zero-order valence-electron chi connectivity index (χ0n) is 15.7. The Bertz CT molecular complexity index is 1240. The minimum atomic E-state index is -4.05. The molecule has 8 heteroatoms. The number of hydrogen-bond donors (Lipinski definition) is 1. The van der Waals surface area contributed by atoms with Gasteiger partial charge in [0.05, 0.1) is 16.2 Å². The number of allylic oxidation sites excluding steroid dienone is 4. The van der Waals surface area contributed by atoms with Crippen molar-refractivity contribution in [2.24, 2.45) is 0 Å². The number of carbonyl (C=O) groups excluding carboxylic acids is 1. The first kappa shape index (κ1) is 19.9. The number of halogens is 2. The van der Waals surface area contributed by atoms with Crippen LogP contribution in [0, 0.1) is 11.6 Å². The van der Waals surface area contributed by atoms with Gasteiger partial charge in [0.2, 0.25) is 15.7 Å². The second-order valence-corrected chi connectivity index (χ2v) is 8.81. The largest absolute Gasteiger partial charge is 0.348 e. The van der Waals surface area contributed by atoms with E-state index >= 15 is 0 Å². The smallest absolute Gasteiger partial charge is 0.248 e. The van der Waals surface area contributed by atoms with Crippen LogP contribution in [0.15, 0.2) is 88.0 Å². The fourth-order valence-corrected chi connectivity index (χ4v) is 4.51. The number of carbonyl (C=O) groups is 1. The van der Waals surface area contributed by atoms with Gasteiger partial charge in [0.15, 0.2) is 18.1 Å². The van der Waals surface area contributed by atoms with Crippen LogP contribution in [0.4, 0.5) is 8.78 Å². The molecule has 4 rings (SSSR count). The number of sulfone groups is 1. The van der Waals surface area contributed by atoms with Gasteiger partial charge in [-0.2, -0.15) is 4.58 Å². The first-order valence-corrected chi connectivity index (χ1v) is 10.6. The Morgan fingerprint density at radius 2 is 1.70 bits per heavy atom. The van der Waals surface area contributed by atoms with Gasteiger partial charge in [0.1, 0.15) is 11.6 Å². The second-order valence-electron chi connectivity index (χ2n) is 6.86. The highest BCUT2D eigenvalue weighted by Gasteiger charge is 2.24. The molecule has 1 N–H and O–H groups in total. The first-order valence-electron chi connectivity index (χ1n) is 9.11. The van der Waals surface area contributed by atoms with Crippen molar-refractivity contribution < 1.29 is 26.6 Å². The Labute approximate surface area is 172 Å². The molecular formula is C22H17F2N2O3S+. The fraction of sp³-hybridized carbons (Fsp3) is 0.0909. The van der Waals surface area contributed by atoms with E-state index in [9.17, 15) is 22.0 Å². The van der Waals surface area contributed by atoms with Crippen molar-refractivity contribution in [3.8, 4) is 0 Å². The van der Waals surface area contributed by atoms with Crippen LogP contribution in [0.1, 0.15) is 12.0 Å². The SMILES string of the molecule is O=C(NCc1ccc(S(=O)(=O)c2cc(F)cc(F)c2)cc1)C1=CC=[N+]2C=CC=C2C1. The van der Waals surface area contributed by atoms with Crippen LogP contribution in [0.25, 0.3) is 0 Å². The highest BCUT2D eigenvalue weighted by Crippen LogP contribution is 2.23. The van der Waals surface area contributed by atoms with Gasteiger partial charge in [-0.05, 0) is 29.8 Å². The van der Waals surface area contributed by atoms with Gasteiger partial charge in [0, 0.05) is 36.4 Å². The van der Waals surface area contributed by atoms with Crippen molar-refractivity contribution in [2.45, 2.75) is 22.8 Å². The van der Waals surface area contributed by atoms with E-state index in [4.69, 9.17) is 0 Å². The van der Waals surface area contributed by atoms with E-state index in [1.54, 1.807) is 18.2 Å². The summed E-state index contributed by atoms with van der Waals surface area (Å²) in [5.74, 6) is -2.13. The molecule has 0 radical (unpaired) electrons. The molecular weight excluding hydrogens is 410 g/mol. The lowest BCUT2D eigenvalue weighted by molar-refractivity contribution is -0.393. The maximum Gasteiger partial charge on any atom is 0.248 e. The lowest BCUT2D eigenvalue weighted by atomic mass is 10.1. The number of nitrogens with zero attached hydrogens (tertiary/aromatic N) is 1. The monoisotopic (exact) mass is 427 g/mol. The molecule has 0 aromatic heterocycles. The average molecular weight is 427 g/mol. The summed E-state index contributed by atoms with van der Waals surface area (Å²) in [6.45, 7) is 0.214. The fourth-order valence-electron chi connectivity index (χ4n) is 3.21. The minimum absolute atomic E-state index is 0.0899. The van der Waals surface area contributed by atoms with Crippen molar-refractivity contribution in [2.75, 3.05) is 0 Å². The van der Waals surface area contributed by atoms with Crippen LogP contribution in [-0.4, -0.2) is 25.1 Å². The molecule has 2 aliphatic rings. The Hall–Kier alpha value is -3.39. The summed E-state index contributed by atoms with van der Waals surface area (Å²) in [5, 5.41) is 2.81. The number of amides is 1. The number of nitrogens with one attached hydrogen (secondary N) is 1. The molecule has 152 valence electrons.